The Balaban J connectivity index is 3.88. The van der Waals surface area contributed by atoms with E-state index < -0.39 is 0 Å². The molecule has 0 saturated heterocycles. The van der Waals surface area contributed by atoms with Gasteiger partial charge in [0.25, 0.3) is 0 Å². The third-order valence-corrected chi connectivity index (χ3v) is 1.70. The maximum absolute atomic E-state index is 11.3. The van der Waals surface area contributed by atoms with Crippen LogP contribution in [0.1, 0.15) is 20.3 Å². The maximum atomic E-state index is 11.3. The highest BCUT2D eigenvalue weighted by Gasteiger charge is 2.12. The molecule has 13 heavy (non-hydrogen) atoms. The second-order valence-electron chi connectivity index (χ2n) is 3.26. The minimum Gasteiger partial charge on any atom is -0.409 e. The summed E-state index contributed by atoms with van der Waals surface area (Å²) in [5.41, 5.74) is 5.26. The first-order valence-electron chi connectivity index (χ1n) is 4.20. The number of amidine groups is 1. The highest BCUT2D eigenvalue weighted by molar-refractivity contribution is 5.81. The molecule has 0 heterocycles. The molecular formula is C8H17N3O2. The van der Waals surface area contributed by atoms with Crippen molar-refractivity contribution in [2.75, 3.05) is 13.6 Å². The lowest BCUT2D eigenvalue weighted by Gasteiger charge is -2.18. The van der Waals surface area contributed by atoms with E-state index >= 15 is 0 Å². The Morgan fingerprint density at radius 3 is 2.54 bits per heavy atom. The van der Waals surface area contributed by atoms with Crippen LogP contribution < -0.4 is 5.73 Å². The van der Waals surface area contributed by atoms with E-state index in [1.807, 2.05) is 13.8 Å². The number of rotatable bonds is 4. The van der Waals surface area contributed by atoms with Gasteiger partial charge in [-0.15, -0.1) is 0 Å². The average molecular weight is 187 g/mol. The van der Waals surface area contributed by atoms with Crippen LogP contribution in [-0.4, -0.2) is 35.4 Å². The lowest BCUT2D eigenvalue weighted by atomic mass is 10.2. The molecule has 0 aromatic heterocycles. The fourth-order valence-corrected chi connectivity index (χ4v) is 0.883. The van der Waals surface area contributed by atoms with Crippen molar-refractivity contribution in [2.24, 2.45) is 16.8 Å². The van der Waals surface area contributed by atoms with Gasteiger partial charge >= 0.3 is 0 Å². The van der Waals surface area contributed by atoms with Gasteiger partial charge < -0.3 is 15.8 Å². The van der Waals surface area contributed by atoms with Gasteiger partial charge in [-0.05, 0) is 0 Å². The largest absolute Gasteiger partial charge is 0.409 e. The first kappa shape index (κ1) is 11.7. The molecule has 0 aliphatic heterocycles. The van der Waals surface area contributed by atoms with E-state index in [9.17, 15) is 4.79 Å². The highest BCUT2D eigenvalue weighted by atomic mass is 16.4. The number of carbonyl (C=O) groups excluding carboxylic acids is 1. The number of carbonyl (C=O) groups is 1. The minimum absolute atomic E-state index is 0.0164. The molecule has 0 unspecified atom stereocenters. The summed E-state index contributed by atoms with van der Waals surface area (Å²) in [6, 6.07) is 0. The summed E-state index contributed by atoms with van der Waals surface area (Å²) in [4.78, 5) is 12.9. The summed E-state index contributed by atoms with van der Waals surface area (Å²) in [6.45, 7) is 4.15. The van der Waals surface area contributed by atoms with Crippen LogP contribution in [0.2, 0.25) is 0 Å². The zero-order chi connectivity index (χ0) is 10.4. The Kier molecular flexibility index (Phi) is 4.87. The number of hydrogen-bond donors (Lipinski definition) is 2. The van der Waals surface area contributed by atoms with Gasteiger partial charge in [0, 0.05) is 25.9 Å². The molecule has 5 heteroatoms. The predicted molar refractivity (Wildman–Crippen MR) is 50.5 cm³/mol. The summed E-state index contributed by atoms with van der Waals surface area (Å²) >= 11 is 0. The summed E-state index contributed by atoms with van der Waals surface area (Å²) in [5, 5.41) is 11.1. The fraction of sp³-hybridized carbons (Fsp3) is 0.750. The molecule has 76 valence electrons. The molecule has 0 aliphatic rings. The third-order valence-electron chi connectivity index (χ3n) is 1.70. The van der Waals surface area contributed by atoms with E-state index in [1.54, 1.807) is 11.9 Å². The van der Waals surface area contributed by atoms with Gasteiger partial charge in [-0.1, -0.05) is 19.0 Å². The number of hydrogen-bond acceptors (Lipinski definition) is 3. The summed E-state index contributed by atoms with van der Waals surface area (Å²) < 4.78 is 0. The molecule has 0 fully saturated rings. The molecule has 0 saturated carbocycles. The summed E-state index contributed by atoms with van der Waals surface area (Å²) in [6.07, 6.45) is 0.394. The topological polar surface area (TPSA) is 78.9 Å². The summed E-state index contributed by atoms with van der Waals surface area (Å²) in [7, 11) is 1.70. The van der Waals surface area contributed by atoms with E-state index in [0.29, 0.717) is 13.0 Å². The first-order valence-corrected chi connectivity index (χ1v) is 4.20. The number of oxime groups is 1. The fourth-order valence-electron chi connectivity index (χ4n) is 0.883. The van der Waals surface area contributed by atoms with Crippen molar-refractivity contribution in [3.63, 3.8) is 0 Å². The molecule has 0 atom stereocenters. The Hall–Kier alpha value is -1.26. The smallest absolute Gasteiger partial charge is 0.224 e. The molecule has 0 aromatic rings. The lowest BCUT2D eigenvalue weighted by Crippen LogP contribution is -2.33. The third kappa shape index (κ3) is 4.35. The Bertz CT molecular complexity index is 202. The number of amides is 1. The molecule has 0 aromatic carbocycles. The normalized spacial score (nSPS) is 11.8. The van der Waals surface area contributed by atoms with Crippen LogP contribution in [0.5, 0.6) is 0 Å². The molecule has 0 rings (SSSR count). The second-order valence-corrected chi connectivity index (χ2v) is 3.26. The van der Waals surface area contributed by atoms with E-state index in [0.717, 1.165) is 0 Å². The van der Waals surface area contributed by atoms with Gasteiger partial charge in [0.1, 0.15) is 5.84 Å². The van der Waals surface area contributed by atoms with Crippen LogP contribution >= 0.6 is 0 Å². The number of nitrogens with two attached hydrogens (primary N) is 1. The van der Waals surface area contributed by atoms with Gasteiger partial charge in [0.05, 0.1) is 0 Å². The molecule has 0 aliphatic carbocycles. The minimum atomic E-state index is -0.0164. The summed E-state index contributed by atoms with van der Waals surface area (Å²) in [5.74, 6) is 0.187. The van der Waals surface area contributed by atoms with Gasteiger partial charge in [-0.3, -0.25) is 4.79 Å². The SMILES string of the molecule is CC(C)C(=O)N(C)CC/C(N)=N/O. The van der Waals surface area contributed by atoms with E-state index in [4.69, 9.17) is 10.9 Å². The van der Waals surface area contributed by atoms with Gasteiger partial charge in [-0.2, -0.15) is 0 Å². The van der Waals surface area contributed by atoms with Crippen molar-refractivity contribution < 1.29 is 10.0 Å². The zero-order valence-electron chi connectivity index (χ0n) is 8.32. The van der Waals surface area contributed by atoms with Crippen molar-refractivity contribution in [3.8, 4) is 0 Å². The standard InChI is InChI=1S/C8H17N3O2/c1-6(2)8(12)11(3)5-4-7(9)10-13/h6,13H,4-5H2,1-3H3,(H2,9,10). The van der Waals surface area contributed by atoms with Gasteiger partial charge in [0.2, 0.25) is 5.91 Å². The molecule has 3 N–H and O–H groups in total. The van der Waals surface area contributed by atoms with Crippen molar-refractivity contribution in [3.05, 3.63) is 0 Å². The van der Waals surface area contributed by atoms with Crippen molar-refractivity contribution >= 4 is 11.7 Å². The van der Waals surface area contributed by atoms with Crippen LogP contribution in [0, 0.1) is 5.92 Å². The predicted octanol–water partition coefficient (Wildman–Crippen LogP) is 0.237. The first-order chi connectivity index (χ1) is 5.99. The van der Waals surface area contributed by atoms with Crippen LogP contribution in [0.3, 0.4) is 0 Å². The van der Waals surface area contributed by atoms with Crippen molar-refractivity contribution in [1.29, 1.82) is 0 Å². The van der Waals surface area contributed by atoms with Crippen molar-refractivity contribution in [1.82, 2.24) is 4.90 Å². The van der Waals surface area contributed by atoms with E-state index in [2.05, 4.69) is 5.16 Å². The molecule has 0 spiro atoms. The monoisotopic (exact) mass is 187 g/mol. The zero-order valence-corrected chi connectivity index (χ0v) is 8.32. The van der Waals surface area contributed by atoms with Gasteiger partial charge in [-0.25, -0.2) is 0 Å². The molecule has 1 amide bonds. The van der Waals surface area contributed by atoms with E-state index in [1.165, 1.54) is 0 Å². The molecule has 0 radical (unpaired) electrons. The molecular weight excluding hydrogens is 170 g/mol. The Morgan fingerprint density at radius 2 is 2.15 bits per heavy atom. The average Bonchev–Trinajstić information content (AvgIpc) is 2.11. The van der Waals surface area contributed by atoms with Gasteiger partial charge in [0.15, 0.2) is 0 Å². The number of nitrogens with zero attached hydrogens (tertiary/aromatic N) is 2. The quantitative estimate of drug-likeness (QED) is 0.286. The van der Waals surface area contributed by atoms with Crippen LogP contribution in [-0.2, 0) is 4.79 Å². The molecule has 0 bridgehead atoms. The van der Waals surface area contributed by atoms with E-state index in [-0.39, 0.29) is 17.7 Å². The molecule has 5 nitrogen and oxygen atoms in total. The Morgan fingerprint density at radius 1 is 1.62 bits per heavy atom. The highest BCUT2D eigenvalue weighted by Crippen LogP contribution is 1.99. The lowest BCUT2D eigenvalue weighted by molar-refractivity contribution is -0.133. The van der Waals surface area contributed by atoms with Crippen LogP contribution in [0.25, 0.3) is 0 Å². The Labute approximate surface area is 78.2 Å². The second kappa shape index (κ2) is 5.40. The van der Waals surface area contributed by atoms with Crippen molar-refractivity contribution in [2.45, 2.75) is 20.3 Å². The van der Waals surface area contributed by atoms with Crippen LogP contribution in [0.15, 0.2) is 5.16 Å². The van der Waals surface area contributed by atoms with Crippen LogP contribution in [0.4, 0.5) is 0 Å². The maximum Gasteiger partial charge on any atom is 0.224 e.